The quantitative estimate of drug-likeness (QED) is 0.916. The van der Waals surface area contributed by atoms with Gasteiger partial charge in [0.1, 0.15) is 0 Å². The van der Waals surface area contributed by atoms with Crippen molar-refractivity contribution >= 4 is 31.5 Å². The predicted molar refractivity (Wildman–Crippen MR) is 74.7 cm³/mol. The Bertz CT molecular complexity index is 544. The monoisotopic (exact) mass is 333 g/mol. The lowest BCUT2D eigenvalue weighted by atomic mass is 10.1. The predicted octanol–water partition coefficient (Wildman–Crippen LogP) is 1.81. The molecule has 1 aliphatic rings. The van der Waals surface area contributed by atoms with Crippen molar-refractivity contribution in [3.63, 3.8) is 0 Å². The van der Waals surface area contributed by atoms with E-state index in [1.807, 2.05) is 18.0 Å². The van der Waals surface area contributed by atoms with E-state index < -0.39 is 9.84 Å². The second kappa shape index (κ2) is 5.19. The number of aliphatic hydroxyl groups is 1. The van der Waals surface area contributed by atoms with E-state index >= 15 is 0 Å². The molecule has 1 aromatic carbocycles. The molecule has 0 aromatic heterocycles. The smallest absolute Gasteiger partial charge is 0.182 e. The van der Waals surface area contributed by atoms with Crippen molar-refractivity contribution < 1.29 is 13.5 Å². The number of sulfone groups is 1. The fourth-order valence-corrected chi connectivity index (χ4v) is 5.02. The van der Waals surface area contributed by atoms with Gasteiger partial charge in [0.05, 0.1) is 16.3 Å². The van der Waals surface area contributed by atoms with Crippen LogP contribution in [0.5, 0.6) is 0 Å². The molecular formula is C12H16BrNO3S. The number of hydrogen-bond donors (Lipinski definition) is 1. The molecule has 0 amide bonds. The van der Waals surface area contributed by atoms with E-state index in [2.05, 4.69) is 15.9 Å². The van der Waals surface area contributed by atoms with E-state index in [0.29, 0.717) is 17.7 Å². The summed E-state index contributed by atoms with van der Waals surface area (Å²) < 4.78 is 25.3. The maximum Gasteiger partial charge on any atom is 0.182 e. The van der Waals surface area contributed by atoms with Gasteiger partial charge < -0.3 is 10.0 Å². The number of nitrogens with zero attached hydrogens (tertiary/aromatic N) is 1. The van der Waals surface area contributed by atoms with Crippen molar-refractivity contribution in [2.75, 3.05) is 24.3 Å². The van der Waals surface area contributed by atoms with Gasteiger partial charge in [-0.3, -0.25) is 0 Å². The number of hydrogen-bond acceptors (Lipinski definition) is 4. The first-order valence-electron chi connectivity index (χ1n) is 5.82. The minimum atomic E-state index is -3.23. The maximum atomic E-state index is 12.2. The summed E-state index contributed by atoms with van der Waals surface area (Å²) in [6.07, 6.45) is 1.29. The van der Waals surface area contributed by atoms with Gasteiger partial charge in [0.25, 0.3) is 0 Å². The van der Waals surface area contributed by atoms with Crippen molar-refractivity contribution in [1.29, 1.82) is 0 Å². The van der Waals surface area contributed by atoms with Crippen LogP contribution in [0.3, 0.4) is 0 Å². The van der Waals surface area contributed by atoms with Crippen LogP contribution in [-0.2, 0) is 9.84 Å². The molecule has 0 radical (unpaired) electrons. The zero-order chi connectivity index (χ0) is 13.3. The number of benzene rings is 1. The van der Waals surface area contributed by atoms with Crippen LogP contribution >= 0.6 is 15.9 Å². The molecule has 1 aromatic rings. The van der Waals surface area contributed by atoms with E-state index in [4.69, 9.17) is 5.11 Å². The third-order valence-electron chi connectivity index (χ3n) is 3.29. The second-order valence-electron chi connectivity index (χ2n) is 4.50. The minimum Gasteiger partial charge on any atom is -0.396 e. The molecule has 0 aliphatic carbocycles. The first-order valence-corrected chi connectivity index (χ1v) is 8.27. The highest BCUT2D eigenvalue weighted by molar-refractivity contribution is 9.10. The topological polar surface area (TPSA) is 57.6 Å². The van der Waals surface area contributed by atoms with Crippen LogP contribution in [0.2, 0.25) is 0 Å². The van der Waals surface area contributed by atoms with Crippen LogP contribution in [0, 0.1) is 0 Å². The standard InChI is InChI=1S/C12H16BrNO3S/c1-14-9(4-3-7-15)8-18(16,17)11-6-2-5-10(13)12(11)14/h2,5-6,9,15H,3-4,7-8H2,1H3. The van der Waals surface area contributed by atoms with Crippen molar-refractivity contribution in [2.45, 2.75) is 23.8 Å². The summed E-state index contributed by atoms with van der Waals surface area (Å²) in [4.78, 5) is 2.38. The molecule has 1 aliphatic heterocycles. The molecule has 1 unspecified atom stereocenters. The van der Waals surface area contributed by atoms with Crippen LogP contribution in [-0.4, -0.2) is 39.0 Å². The Labute approximate surface area is 116 Å². The molecule has 0 fully saturated rings. The molecule has 1 heterocycles. The third-order valence-corrected chi connectivity index (χ3v) is 5.76. The van der Waals surface area contributed by atoms with Crippen molar-refractivity contribution in [3.05, 3.63) is 22.7 Å². The highest BCUT2D eigenvalue weighted by atomic mass is 79.9. The zero-order valence-corrected chi connectivity index (χ0v) is 12.5. The summed E-state index contributed by atoms with van der Waals surface area (Å²) in [5.41, 5.74) is 0.728. The lowest BCUT2D eigenvalue weighted by Crippen LogP contribution is -2.42. The lowest BCUT2D eigenvalue weighted by Gasteiger charge is -2.36. The lowest BCUT2D eigenvalue weighted by molar-refractivity contribution is 0.280. The van der Waals surface area contributed by atoms with E-state index in [1.54, 1.807) is 12.1 Å². The molecule has 1 atom stereocenters. The Kier molecular flexibility index (Phi) is 3.99. The fraction of sp³-hybridized carbons (Fsp3) is 0.500. The van der Waals surface area contributed by atoms with Gasteiger partial charge in [0, 0.05) is 24.2 Å². The number of para-hydroxylation sites is 1. The van der Waals surface area contributed by atoms with Crippen molar-refractivity contribution in [2.24, 2.45) is 0 Å². The average Bonchev–Trinajstić information content (AvgIpc) is 2.32. The normalized spacial score (nSPS) is 21.7. The van der Waals surface area contributed by atoms with E-state index in [1.165, 1.54) is 0 Å². The Morgan fingerprint density at radius 2 is 2.22 bits per heavy atom. The zero-order valence-electron chi connectivity index (χ0n) is 10.1. The van der Waals surface area contributed by atoms with Gasteiger partial charge in [-0.25, -0.2) is 8.42 Å². The first kappa shape index (κ1) is 13.8. The molecular weight excluding hydrogens is 318 g/mol. The van der Waals surface area contributed by atoms with Crippen LogP contribution in [0.15, 0.2) is 27.6 Å². The summed E-state index contributed by atoms with van der Waals surface area (Å²) in [6.45, 7) is 0.0905. The Hall–Kier alpha value is -0.590. The van der Waals surface area contributed by atoms with Gasteiger partial charge in [-0.2, -0.15) is 0 Å². The van der Waals surface area contributed by atoms with E-state index in [9.17, 15) is 8.42 Å². The second-order valence-corrected chi connectivity index (χ2v) is 7.36. The number of rotatable bonds is 3. The molecule has 1 N–H and O–H groups in total. The highest BCUT2D eigenvalue weighted by Gasteiger charge is 2.34. The fourth-order valence-electron chi connectivity index (χ4n) is 2.33. The van der Waals surface area contributed by atoms with Gasteiger partial charge >= 0.3 is 0 Å². The molecule has 4 nitrogen and oxygen atoms in total. The van der Waals surface area contributed by atoms with Crippen LogP contribution in [0.4, 0.5) is 5.69 Å². The van der Waals surface area contributed by atoms with Crippen molar-refractivity contribution in [1.82, 2.24) is 0 Å². The van der Waals surface area contributed by atoms with Gasteiger partial charge in [-0.1, -0.05) is 6.07 Å². The number of halogens is 1. The van der Waals surface area contributed by atoms with E-state index in [-0.39, 0.29) is 18.4 Å². The molecule has 0 spiro atoms. The number of anilines is 1. The molecule has 0 saturated carbocycles. The largest absolute Gasteiger partial charge is 0.396 e. The Balaban J connectivity index is 2.46. The molecule has 100 valence electrons. The van der Waals surface area contributed by atoms with E-state index in [0.717, 1.165) is 10.2 Å². The van der Waals surface area contributed by atoms with Crippen molar-refractivity contribution in [3.8, 4) is 0 Å². The summed E-state index contributed by atoms with van der Waals surface area (Å²) in [5.74, 6) is 0.118. The van der Waals surface area contributed by atoms with Gasteiger partial charge in [-0.05, 0) is 40.9 Å². The molecule has 2 rings (SSSR count). The molecule has 0 bridgehead atoms. The summed E-state index contributed by atoms with van der Waals surface area (Å²) >= 11 is 3.41. The third kappa shape index (κ3) is 2.41. The average molecular weight is 334 g/mol. The summed E-state index contributed by atoms with van der Waals surface area (Å²) in [5, 5.41) is 8.89. The minimum absolute atomic E-state index is 0.0756. The first-order chi connectivity index (χ1) is 8.47. The maximum absolute atomic E-state index is 12.2. The van der Waals surface area contributed by atoms with Gasteiger partial charge in [0.2, 0.25) is 0 Å². The SMILES string of the molecule is CN1c2c(Br)cccc2S(=O)(=O)CC1CCCO. The van der Waals surface area contributed by atoms with Crippen LogP contribution < -0.4 is 4.90 Å². The molecule has 6 heteroatoms. The molecule has 18 heavy (non-hydrogen) atoms. The summed E-state index contributed by atoms with van der Waals surface area (Å²) in [7, 11) is -1.33. The Morgan fingerprint density at radius 1 is 1.50 bits per heavy atom. The summed E-state index contributed by atoms with van der Waals surface area (Å²) in [6, 6.07) is 5.16. The highest BCUT2D eigenvalue weighted by Crippen LogP contribution is 2.38. The molecule has 0 saturated heterocycles. The number of fused-ring (bicyclic) bond motifs is 1. The number of aliphatic hydroxyl groups excluding tert-OH is 1. The Morgan fingerprint density at radius 3 is 2.89 bits per heavy atom. The van der Waals surface area contributed by atoms with Gasteiger partial charge in [-0.15, -0.1) is 0 Å². The van der Waals surface area contributed by atoms with Crippen LogP contribution in [0.1, 0.15) is 12.8 Å². The van der Waals surface area contributed by atoms with Gasteiger partial charge in [0.15, 0.2) is 9.84 Å². The van der Waals surface area contributed by atoms with Crippen LogP contribution in [0.25, 0.3) is 0 Å².